The summed E-state index contributed by atoms with van der Waals surface area (Å²) in [4.78, 5) is 6.16. The quantitative estimate of drug-likeness (QED) is 0.459. The zero-order valence-electron chi connectivity index (χ0n) is 11.3. The number of hydrogen-bond acceptors (Lipinski definition) is 6. The molecule has 108 valence electrons. The molecule has 0 spiro atoms. The minimum atomic E-state index is -3.52. The Kier molecular flexibility index (Phi) is 6.16. The molecule has 0 aromatic carbocycles. The largest absolute Gasteiger partial charge is 0.308 e. The summed E-state index contributed by atoms with van der Waals surface area (Å²) in [7, 11) is -3.52. The third-order valence-corrected chi connectivity index (χ3v) is 4.26. The zero-order chi connectivity index (χ0) is 14.3. The Balaban J connectivity index is 2.65. The maximum atomic E-state index is 12.0. The van der Waals surface area contributed by atoms with Gasteiger partial charge in [0.1, 0.15) is 5.82 Å². The lowest BCUT2D eigenvalue weighted by Crippen LogP contribution is -2.34. The minimum absolute atomic E-state index is 0.148. The van der Waals surface area contributed by atoms with Crippen LogP contribution in [0.2, 0.25) is 0 Å². The van der Waals surface area contributed by atoms with E-state index in [0.29, 0.717) is 18.9 Å². The maximum absolute atomic E-state index is 12.0. The lowest BCUT2D eigenvalue weighted by atomic mass is 10.5. The standard InChI is InChI=1S/C11H21N5O2S/c1-3-16(4-2)8-7-14-19(17,18)10-5-6-13-11(9-10)15-12/h5-6,9,14H,3-4,7-8,12H2,1-2H3,(H,13,15). The zero-order valence-corrected chi connectivity index (χ0v) is 12.1. The van der Waals surface area contributed by atoms with E-state index >= 15 is 0 Å². The van der Waals surface area contributed by atoms with Crippen LogP contribution in [-0.2, 0) is 10.0 Å². The second-order valence-electron chi connectivity index (χ2n) is 3.95. The molecule has 0 aliphatic rings. The van der Waals surface area contributed by atoms with Gasteiger partial charge >= 0.3 is 0 Å². The molecule has 0 unspecified atom stereocenters. The molecule has 8 heteroatoms. The summed E-state index contributed by atoms with van der Waals surface area (Å²) >= 11 is 0. The van der Waals surface area contributed by atoms with Crippen LogP contribution in [0.3, 0.4) is 0 Å². The molecule has 7 nitrogen and oxygen atoms in total. The first-order valence-electron chi connectivity index (χ1n) is 6.18. The Morgan fingerprint density at radius 3 is 2.63 bits per heavy atom. The number of nitrogen functional groups attached to an aromatic ring is 1. The Morgan fingerprint density at radius 2 is 2.05 bits per heavy atom. The van der Waals surface area contributed by atoms with Gasteiger partial charge in [-0.05, 0) is 19.2 Å². The van der Waals surface area contributed by atoms with Crippen molar-refractivity contribution < 1.29 is 8.42 Å². The first-order chi connectivity index (χ1) is 9.03. The first kappa shape index (κ1) is 15.8. The monoisotopic (exact) mass is 287 g/mol. The molecule has 1 rings (SSSR count). The molecule has 0 saturated carbocycles. The number of hydrazine groups is 1. The lowest BCUT2D eigenvalue weighted by molar-refractivity contribution is 0.309. The summed E-state index contributed by atoms with van der Waals surface area (Å²) in [6.07, 6.45) is 1.40. The highest BCUT2D eigenvalue weighted by atomic mass is 32.2. The summed E-state index contributed by atoms with van der Waals surface area (Å²) in [6, 6.07) is 2.82. The van der Waals surface area contributed by atoms with Gasteiger partial charge in [-0.15, -0.1) is 0 Å². The van der Waals surface area contributed by atoms with Crippen LogP contribution in [0, 0.1) is 0 Å². The summed E-state index contributed by atoms with van der Waals surface area (Å²) in [6.45, 7) is 6.93. The van der Waals surface area contributed by atoms with Crippen LogP contribution in [0.25, 0.3) is 0 Å². The number of aromatic nitrogens is 1. The molecule has 0 saturated heterocycles. The van der Waals surface area contributed by atoms with Crippen molar-refractivity contribution >= 4 is 15.8 Å². The number of likely N-dealkylation sites (N-methyl/N-ethyl adjacent to an activating group) is 1. The Labute approximate surface area is 114 Å². The van der Waals surface area contributed by atoms with E-state index in [9.17, 15) is 8.42 Å². The van der Waals surface area contributed by atoms with Crippen molar-refractivity contribution in [3.05, 3.63) is 18.3 Å². The van der Waals surface area contributed by atoms with Crippen molar-refractivity contribution in [1.82, 2.24) is 14.6 Å². The molecule has 1 heterocycles. The molecule has 1 aromatic rings. The van der Waals surface area contributed by atoms with Gasteiger partial charge in [-0.3, -0.25) is 0 Å². The average molecular weight is 287 g/mol. The summed E-state index contributed by atoms with van der Waals surface area (Å²) in [5.41, 5.74) is 2.32. The molecule has 0 aliphatic heterocycles. The molecular weight excluding hydrogens is 266 g/mol. The molecule has 0 aliphatic carbocycles. The predicted molar refractivity (Wildman–Crippen MR) is 75.0 cm³/mol. The number of nitrogens with zero attached hydrogens (tertiary/aromatic N) is 2. The van der Waals surface area contributed by atoms with Crippen LogP contribution >= 0.6 is 0 Å². The first-order valence-corrected chi connectivity index (χ1v) is 7.66. The van der Waals surface area contributed by atoms with Crippen molar-refractivity contribution in [3.8, 4) is 0 Å². The van der Waals surface area contributed by atoms with Crippen molar-refractivity contribution in [2.75, 3.05) is 31.6 Å². The van der Waals surface area contributed by atoms with Gasteiger partial charge in [0.15, 0.2) is 0 Å². The van der Waals surface area contributed by atoms with E-state index in [1.807, 2.05) is 13.8 Å². The summed E-state index contributed by atoms with van der Waals surface area (Å²) in [5, 5.41) is 0. The van der Waals surface area contributed by atoms with E-state index in [-0.39, 0.29) is 4.90 Å². The van der Waals surface area contributed by atoms with Gasteiger partial charge in [-0.1, -0.05) is 13.8 Å². The highest BCUT2D eigenvalue weighted by molar-refractivity contribution is 7.89. The van der Waals surface area contributed by atoms with Gasteiger partial charge in [0, 0.05) is 25.4 Å². The second kappa shape index (κ2) is 7.39. The number of nitrogens with two attached hydrogens (primary N) is 1. The Morgan fingerprint density at radius 1 is 1.37 bits per heavy atom. The smallest absolute Gasteiger partial charge is 0.240 e. The Hall–Kier alpha value is -1.22. The molecule has 1 aromatic heterocycles. The number of pyridine rings is 1. The van der Waals surface area contributed by atoms with Crippen LogP contribution in [0.4, 0.5) is 5.82 Å². The van der Waals surface area contributed by atoms with E-state index in [2.05, 4.69) is 20.0 Å². The van der Waals surface area contributed by atoms with Crippen LogP contribution in [0.5, 0.6) is 0 Å². The number of nitrogens with one attached hydrogen (secondary N) is 2. The molecule has 0 radical (unpaired) electrons. The van der Waals surface area contributed by atoms with Crippen molar-refractivity contribution in [3.63, 3.8) is 0 Å². The van der Waals surface area contributed by atoms with Crippen molar-refractivity contribution in [2.45, 2.75) is 18.7 Å². The van der Waals surface area contributed by atoms with Gasteiger partial charge < -0.3 is 10.3 Å². The molecule has 0 atom stereocenters. The summed E-state index contributed by atoms with van der Waals surface area (Å²) in [5.74, 6) is 5.52. The summed E-state index contributed by atoms with van der Waals surface area (Å²) < 4.78 is 26.6. The van der Waals surface area contributed by atoms with E-state index in [1.54, 1.807) is 0 Å². The molecule has 4 N–H and O–H groups in total. The van der Waals surface area contributed by atoms with Crippen LogP contribution in [0.1, 0.15) is 13.8 Å². The van der Waals surface area contributed by atoms with Crippen LogP contribution < -0.4 is 16.0 Å². The number of sulfonamides is 1. The molecule has 0 bridgehead atoms. The second-order valence-corrected chi connectivity index (χ2v) is 5.71. The highest BCUT2D eigenvalue weighted by Crippen LogP contribution is 2.11. The van der Waals surface area contributed by atoms with Crippen molar-refractivity contribution in [1.29, 1.82) is 0 Å². The number of rotatable bonds is 8. The number of hydrogen-bond donors (Lipinski definition) is 3. The minimum Gasteiger partial charge on any atom is -0.308 e. The normalized spacial score (nSPS) is 11.8. The molecular formula is C11H21N5O2S. The fraction of sp³-hybridized carbons (Fsp3) is 0.545. The van der Waals surface area contributed by atoms with E-state index < -0.39 is 10.0 Å². The Bertz CT molecular complexity index is 488. The number of anilines is 1. The van der Waals surface area contributed by atoms with Gasteiger partial charge in [-0.2, -0.15) is 0 Å². The molecule has 0 amide bonds. The van der Waals surface area contributed by atoms with Crippen LogP contribution in [-0.4, -0.2) is 44.5 Å². The predicted octanol–water partition coefficient (Wildman–Crippen LogP) is -0.0127. The van der Waals surface area contributed by atoms with Gasteiger partial charge in [-0.25, -0.2) is 24.0 Å². The maximum Gasteiger partial charge on any atom is 0.240 e. The third kappa shape index (κ3) is 4.75. The topological polar surface area (TPSA) is 100 Å². The van der Waals surface area contributed by atoms with Gasteiger partial charge in [0.05, 0.1) is 4.90 Å². The lowest BCUT2D eigenvalue weighted by Gasteiger charge is -2.18. The van der Waals surface area contributed by atoms with E-state index in [0.717, 1.165) is 13.1 Å². The fourth-order valence-corrected chi connectivity index (χ4v) is 2.65. The highest BCUT2D eigenvalue weighted by Gasteiger charge is 2.14. The van der Waals surface area contributed by atoms with Gasteiger partial charge in [0.25, 0.3) is 0 Å². The SMILES string of the molecule is CCN(CC)CCNS(=O)(=O)c1ccnc(NN)c1. The third-order valence-electron chi connectivity index (χ3n) is 2.80. The van der Waals surface area contributed by atoms with Crippen LogP contribution in [0.15, 0.2) is 23.2 Å². The van der Waals surface area contributed by atoms with Crippen molar-refractivity contribution in [2.24, 2.45) is 5.84 Å². The van der Waals surface area contributed by atoms with E-state index in [1.165, 1.54) is 18.3 Å². The fourth-order valence-electron chi connectivity index (χ4n) is 1.62. The van der Waals surface area contributed by atoms with E-state index in [4.69, 9.17) is 5.84 Å². The molecule has 0 fully saturated rings. The molecule has 19 heavy (non-hydrogen) atoms. The van der Waals surface area contributed by atoms with Gasteiger partial charge in [0.2, 0.25) is 10.0 Å². The average Bonchev–Trinajstić information content (AvgIpc) is 2.43.